The summed E-state index contributed by atoms with van der Waals surface area (Å²) in [5, 5.41) is -3.27. The summed E-state index contributed by atoms with van der Waals surface area (Å²) in [6.07, 6.45) is -0.290. The molecule has 2 rings (SSSR count). The van der Waals surface area contributed by atoms with Crippen molar-refractivity contribution in [2.75, 3.05) is 13.1 Å². The van der Waals surface area contributed by atoms with E-state index in [0.717, 1.165) is 0 Å². The molecule has 0 spiro atoms. The summed E-state index contributed by atoms with van der Waals surface area (Å²) < 4.78 is 127. The summed E-state index contributed by atoms with van der Waals surface area (Å²) in [6.45, 7) is 0.694. The fourth-order valence-electron chi connectivity index (χ4n) is 1.98. The maximum atomic E-state index is 12.7. The molecule has 1 aliphatic heterocycles. The number of aliphatic imine (C=N–C) groups is 1. The first kappa shape index (κ1) is 35.5. The number of rotatable bonds is 2. The van der Waals surface area contributed by atoms with E-state index in [0.29, 0.717) is 13.1 Å². The second kappa shape index (κ2) is 14.8. The Labute approximate surface area is 207 Å². The largest absolute Gasteiger partial charge is 0.408 e. The van der Waals surface area contributed by atoms with Gasteiger partial charge in [-0.3, -0.25) is 14.5 Å². The smallest absolute Gasteiger partial charge is 0.320 e. The second-order valence-corrected chi connectivity index (χ2v) is 9.96. The molecule has 0 aromatic carbocycles. The molecule has 1 atom stereocenters. The van der Waals surface area contributed by atoms with Crippen molar-refractivity contribution in [2.45, 2.75) is 22.5 Å². The van der Waals surface area contributed by atoms with Crippen LogP contribution in [0.25, 0.3) is 0 Å². The summed E-state index contributed by atoms with van der Waals surface area (Å²) in [5.41, 5.74) is 4.87. The zero-order chi connectivity index (χ0) is 28.8. The number of hydrogen-bond acceptors (Lipinski definition) is 8. The van der Waals surface area contributed by atoms with Crippen LogP contribution in [-0.4, -0.2) is 63.3 Å². The summed E-state index contributed by atoms with van der Waals surface area (Å²) in [6, 6.07) is 2.89. The molecular formula is C18H19ClF6N4O5S2. The first-order valence-electron chi connectivity index (χ1n) is 8.70. The van der Waals surface area contributed by atoms with Crippen molar-refractivity contribution in [3.8, 4) is 24.7 Å². The van der Waals surface area contributed by atoms with Gasteiger partial charge in [-0.15, -0.1) is 12.8 Å². The topological polar surface area (TPSA) is 166 Å². The molecular weight excluding hydrogens is 566 g/mol. The van der Waals surface area contributed by atoms with Gasteiger partial charge in [0.05, 0.1) is 13.1 Å². The third kappa shape index (κ3) is 10.9. The van der Waals surface area contributed by atoms with Gasteiger partial charge in [0.25, 0.3) is 19.2 Å². The Balaban J connectivity index is 0. The van der Waals surface area contributed by atoms with Gasteiger partial charge in [0.1, 0.15) is 10.1 Å². The van der Waals surface area contributed by atoms with E-state index in [1.165, 1.54) is 24.5 Å². The van der Waals surface area contributed by atoms with Crippen LogP contribution in [0.1, 0.15) is 0 Å². The Morgan fingerprint density at radius 2 is 1.50 bits per heavy atom. The highest BCUT2D eigenvalue weighted by molar-refractivity contribution is 8.13. The predicted molar refractivity (Wildman–Crippen MR) is 121 cm³/mol. The van der Waals surface area contributed by atoms with Crippen LogP contribution in [0.5, 0.6) is 0 Å². The van der Waals surface area contributed by atoms with Crippen LogP contribution in [0.15, 0.2) is 46.7 Å². The lowest BCUT2D eigenvalue weighted by molar-refractivity contribution is -0.317. The lowest BCUT2D eigenvalue weighted by atomic mass is 9.81. The normalized spacial score (nSPS) is 16.4. The summed E-state index contributed by atoms with van der Waals surface area (Å²) in [4.78, 5) is 6.51. The predicted octanol–water partition coefficient (Wildman–Crippen LogP) is 2.12. The second-order valence-electron chi connectivity index (χ2n) is 5.86. The van der Waals surface area contributed by atoms with Crippen molar-refractivity contribution < 1.29 is 47.7 Å². The highest BCUT2D eigenvalue weighted by Crippen LogP contribution is 2.55. The molecule has 1 aliphatic rings. The number of allylic oxidation sites excluding steroid dienone is 1. The van der Waals surface area contributed by atoms with Crippen LogP contribution < -0.4 is 11.5 Å². The highest BCUT2D eigenvalue weighted by Gasteiger charge is 2.75. The first-order chi connectivity index (χ1) is 16.3. The van der Waals surface area contributed by atoms with Gasteiger partial charge >= 0.3 is 12.4 Å². The van der Waals surface area contributed by atoms with Crippen LogP contribution in [0.3, 0.4) is 0 Å². The van der Waals surface area contributed by atoms with Crippen LogP contribution in [0.4, 0.5) is 26.3 Å². The zero-order valence-corrected chi connectivity index (χ0v) is 20.2. The van der Waals surface area contributed by atoms with E-state index in [4.69, 9.17) is 26.7 Å². The van der Waals surface area contributed by atoms with E-state index in [1.807, 2.05) is 0 Å². The fourth-order valence-corrected chi connectivity index (χ4v) is 3.72. The third-order valence-electron chi connectivity index (χ3n) is 3.50. The molecule has 0 aliphatic carbocycles. The van der Waals surface area contributed by atoms with Crippen LogP contribution in [0.2, 0.25) is 0 Å². The maximum absolute atomic E-state index is 12.7. The molecule has 0 bridgehead atoms. The molecule has 18 heteroatoms. The van der Waals surface area contributed by atoms with E-state index >= 15 is 0 Å². The molecule has 36 heavy (non-hydrogen) atoms. The average molecular weight is 585 g/mol. The molecule has 0 saturated carbocycles. The number of nitrogens with zero attached hydrogens (tertiary/aromatic N) is 2. The minimum absolute atomic E-state index is 0.0247. The third-order valence-corrected chi connectivity index (χ3v) is 5.98. The van der Waals surface area contributed by atoms with Gasteiger partial charge < -0.3 is 11.5 Å². The number of aromatic nitrogens is 1. The van der Waals surface area contributed by atoms with Crippen molar-refractivity contribution in [2.24, 2.45) is 21.9 Å². The molecule has 2 heterocycles. The SMILES string of the molecule is C#CCN.C#CCN.O=S(=O)(Cl)c1cccnc1.O=S(=O)(O)C1C=NC=CC1(C(F)(F)F)C(F)(F)F. The lowest BCUT2D eigenvalue weighted by Crippen LogP contribution is -2.59. The summed E-state index contributed by atoms with van der Waals surface area (Å²) in [5.74, 6) is 4.42. The Kier molecular flexibility index (Phi) is 14.6. The lowest BCUT2D eigenvalue weighted by Gasteiger charge is -2.38. The molecule has 5 N–H and O–H groups in total. The minimum atomic E-state index is -5.96. The van der Waals surface area contributed by atoms with Crippen LogP contribution in [-0.2, 0) is 19.2 Å². The van der Waals surface area contributed by atoms with Gasteiger partial charge in [-0.05, 0) is 18.2 Å². The monoisotopic (exact) mass is 584 g/mol. The van der Waals surface area contributed by atoms with Gasteiger partial charge in [0.15, 0.2) is 0 Å². The fraction of sp³-hybridized carbons (Fsp3) is 0.333. The summed E-state index contributed by atoms with van der Waals surface area (Å²) >= 11 is 0. The molecule has 0 amide bonds. The average Bonchev–Trinajstić information content (AvgIpc) is 2.78. The standard InChI is InChI=1S/C7H5F6NO3S.C5H4ClNO2S.2C3H5N/c8-6(9,10)5(7(11,12)13)1-2-14-3-4(5)18(15,16)17;6-10(8,9)5-2-1-3-7-4-5;2*1-2-3-4/h1-4H,(H,15,16,17);1-4H;2*1H,3-4H2. The van der Waals surface area contributed by atoms with E-state index in [1.54, 1.807) is 0 Å². The molecule has 1 unspecified atom stereocenters. The number of pyridine rings is 1. The van der Waals surface area contributed by atoms with Gasteiger partial charge in [-0.25, -0.2) is 8.42 Å². The molecule has 1 aromatic heterocycles. The Morgan fingerprint density at radius 3 is 1.72 bits per heavy atom. The molecule has 202 valence electrons. The van der Waals surface area contributed by atoms with Crippen molar-refractivity contribution >= 4 is 36.1 Å². The zero-order valence-electron chi connectivity index (χ0n) is 17.8. The van der Waals surface area contributed by atoms with Crippen LogP contribution in [0, 0.1) is 30.1 Å². The van der Waals surface area contributed by atoms with Crippen molar-refractivity contribution in [1.29, 1.82) is 0 Å². The number of nitrogens with two attached hydrogens (primary N) is 2. The minimum Gasteiger partial charge on any atom is -0.320 e. The van der Waals surface area contributed by atoms with E-state index in [2.05, 4.69) is 34.7 Å². The number of alkyl halides is 6. The Hall–Kier alpha value is -2.67. The van der Waals surface area contributed by atoms with E-state index in [-0.39, 0.29) is 17.3 Å². The van der Waals surface area contributed by atoms with Gasteiger partial charge in [-0.2, -0.15) is 34.8 Å². The Morgan fingerprint density at radius 1 is 1.06 bits per heavy atom. The number of hydrogen-bond donors (Lipinski definition) is 3. The number of terminal acetylenes is 2. The first-order valence-corrected chi connectivity index (χ1v) is 12.5. The van der Waals surface area contributed by atoms with E-state index < -0.39 is 48.3 Å². The van der Waals surface area contributed by atoms with Crippen molar-refractivity contribution in [3.05, 3.63) is 36.8 Å². The highest BCUT2D eigenvalue weighted by atomic mass is 35.7. The van der Waals surface area contributed by atoms with E-state index in [9.17, 15) is 43.2 Å². The summed E-state index contributed by atoms with van der Waals surface area (Å²) in [7, 11) is -4.24. The molecule has 9 nitrogen and oxygen atoms in total. The van der Waals surface area contributed by atoms with Crippen LogP contribution >= 0.6 is 10.7 Å². The molecule has 0 radical (unpaired) electrons. The number of halogens is 7. The van der Waals surface area contributed by atoms with Gasteiger partial charge in [-0.1, -0.05) is 11.8 Å². The van der Waals surface area contributed by atoms with Gasteiger partial charge in [0, 0.05) is 35.5 Å². The van der Waals surface area contributed by atoms with Crippen molar-refractivity contribution in [3.63, 3.8) is 0 Å². The van der Waals surface area contributed by atoms with Gasteiger partial charge in [0.2, 0.25) is 5.41 Å². The van der Waals surface area contributed by atoms with Crippen molar-refractivity contribution in [1.82, 2.24) is 4.98 Å². The quantitative estimate of drug-likeness (QED) is 0.206. The Bertz CT molecular complexity index is 1150. The maximum Gasteiger partial charge on any atom is 0.408 e. The molecule has 0 fully saturated rings. The molecule has 1 aromatic rings. The molecule has 0 saturated heterocycles.